The molecule has 2 aromatic rings. The van der Waals surface area contributed by atoms with Gasteiger partial charge in [-0.25, -0.2) is 4.79 Å². The average molecular weight is 389 g/mol. The van der Waals surface area contributed by atoms with Gasteiger partial charge in [-0.2, -0.15) is 0 Å². The number of nitrogens with zero attached hydrogens (tertiary/aromatic N) is 2. The predicted octanol–water partition coefficient (Wildman–Crippen LogP) is 5.94. The number of likely N-dealkylation sites (tertiary alicyclic amines) is 1. The second kappa shape index (κ2) is 7.86. The largest absolute Gasteiger partial charge is 0.444 e. The number of allylic oxidation sites excluding steroid dienone is 1. The summed E-state index contributed by atoms with van der Waals surface area (Å²) >= 11 is 0. The molecule has 29 heavy (non-hydrogen) atoms. The van der Waals surface area contributed by atoms with E-state index in [2.05, 4.69) is 48.5 Å². The molecule has 1 amide bonds. The first-order chi connectivity index (χ1) is 13.9. The molecule has 2 heterocycles. The van der Waals surface area contributed by atoms with Crippen LogP contribution in [0.1, 0.15) is 45.6 Å². The van der Waals surface area contributed by atoms with Crippen molar-refractivity contribution in [1.29, 1.82) is 0 Å². The lowest BCUT2D eigenvalue weighted by atomic mass is 9.96. The molecular weight excluding hydrogens is 360 g/mol. The van der Waals surface area contributed by atoms with Crippen LogP contribution in [-0.2, 0) is 4.74 Å². The maximum atomic E-state index is 12.6. The third-order valence-corrected chi connectivity index (χ3v) is 5.39. The normalized spacial score (nSPS) is 19.1. The van der Waals surface area contributed by atoms with Crippen LogP contribution < -0.4 is 0 Å². The zero-order chi connectivity index (χ0) is 20.4. The summed E-state index contributed by atoms with van der Waals surface area (Å²) < 4.78 is 5.59. The Labute approximate surface area is 172 Å². The third-order valence-electron chi connectivity index (χ3n) is 5.39. The van der Waals surface area contributed by atoms with Gasteiger partial charge >= 0.3 is 6.09 Å². The molecule has 2 aliphatic heterocycles. The summed E-state index contributed by atoms with van der Waals surface area (Å²) in [5, 5.41) is 0. The van der Waals surface area contributed by atoms with Gasteiger partial charge < -0.3 is 4.74 Å². The number of hydrogen-bond donors (Lipinski definition) is 0. The average Bonchev–Trinajstić information content (AvgIpc) is 3.37. The Morgan fingerprint density at radius 3 is 2.34 bits per heavy atom. The molecule has 1 fully saturated rings. The fourth-order valence-corrected chi connectivity index (χ4v) is 3.99. The Morgan fingerprint density at radius 1 is 1.00 bits per heavy atom. The lowest BCUT2D eigenvalue weighted by molar-refractivity contribution is 0.0265. The van der Waals surface area contributed by atoms with Crippen LogP contribution in [0.3, 0.4) is 0 Å². The smallest absolute Gasteiger partial charge is 0.410 e. The van der Waals surface area contributed by atoms with E-state index in [0.29, 0.717) is 0 Å². The fraction of sp³-hybridized carbons (Fsp3) is 0.360. The van der Waals surface area contributed by atoms with E-state index < -0.39 is 5.60 Å². The first-order valence-electron chi connectivity index (χ1n) is 10.3. The van der Waals surface area contributed by atoms with Gasteiger partial charge in [-0.05, 0) is 55.9 Å². The number of carbonyl (C=O) groups excluding carboxylic acids is 1. The number of hydrogen-bond acceptors (Lipinski definition) is 3. The molecular formula is C25H28N2O2. The Balaban J connectivity index is 1.42. The summed E-state index contributed by atoms with van der Waals surface area (Å²) in [5.74, 6) is 0. The first kappa shape index (κ1) is 19.4. The summed E-state index contributed by atoms with van der Waals surface area (Å²) in [5.41, 5.74) is 5.40. The summed E-state index contributed by atoms with van der Waals surface area (Å²) in [6.07, 6.45) is 4.45. The Hall–Kier alpha value is -2.88. The number of benzene rings is 2. The predicted molar refractivity (Wildman–Crippen MR) is 118 cm³/mol. The molecule has 0 aromatic heterocycles. The van der Waals surface area contributed by atoms with Crippen LogP contribution in [0.5, 0.6) is 0 Å². The molecule has 0 saturated carbocycles. The van der Waals surface area contributed by atoms with Crippen molar-refractivity contribution in [3.05, 3.63) is 66.4 Å². The molecule has 4 rings (SSSR count). The van der Waals surface area contributed by atoms with Gasteiger partial charge in [0.15, 0.2) is 0 Å². The molecule has 4 nitrogen and oxygen atoms in total. The van der Waals surface area contributed by atoms with Crippen LogP contribution >= 0.6 is 0 Å². The van der Waals surface area contributed by atoms with E-state index in [0.717, 1.165) is 31.5 Å². The van der Waals surface area contributed by atoms with E-state index in [4.69, 9.17) is 9.73 Å². The van der Waals surface area contributed by atoms with Gasteiger partial charge in [-0.3, -0.25) is 9.89 Å². The number of carbonyl (C=O) groups is 1. The zero-order valence-corrected chi connectivity index (χ0v) is 17.4. The van der Waals surface area contributed by atoms with Gasteiger partial charge in [0.1, 0.15) is 5.60 Å². The second-order valence-electron chi connectivity index (χ2n) is 8.73. The molecule has 4 heteroatoms. The minimum atomic E-state index is -0.481. The van der Waals surface area contributed by atoms with Crippen molar-refractivity contribution in [2.24, 2.45) is 4.99 Å². The van der Waals surface area contributed by atoms with E-state index in [1.165, 1.54) is 22.3 Å². The monoisotopic (exact) mass is 388 g/mol. The molecule has 0 spiro atoms. The molecule has 0 radical (unpaired) electrons. The topological polar surface area (TPSA) is 41.9 Å². The summed E-state index contributed by atoms with van der Waals surface area (Å²) in [4.78, 5) is 19.1. The Kier molecular flexibility index (Phi) is 5.27. The first-order valence-corrected chi connectivity index (χ1v) is 10.3. The summed E-state index contributed by atoms with van der Waals surface area (Å²) in [6.45, 7) is 6.45. The van der Waals surface area contributed by atoms with Gasteiger partial charge in [-0.15, -0.1) is 0 Å². The van der Waals surface area contributed by atoms with Crippen molar-refractivity contribution >= 4 is 17.4 Å². The molecule has 0 bridgehead atoms. The highest BCUT2D eigenvalue weighted by Gasteiger charge is 2.36. The Morgan fingerprint density at radius 2 is 1.66 bits per heavy atom. The lowest BCUT2D eigenvalue weighted by Crippen LogP contribution is -2.43. The van der Waals surface area contributed by atoms with Crippen molar-refractivity contribution in [3.8, 4) is 11.1 Å². The van der Waals surface area contributed by atoms with Crippen LogP contribution in [0.15, 0.2) is 65.8 Å². The zero-order valence-electron chi connectivity index (χ0n) is 17.4. The maximum Gasteiger partial charge on any atom is 0.410 e. The van der Waals surface area contributed by atoms with E-state index >= 15 is 0 Å². The van der Waals surface area contributed by atoms with Crippen LogP contribution in [0.4, 0.5) is 4.79 Å². The SMILES string of the molecule is CC(C)(C)OC(=O)N1CCCC1C1=NC=C(c2ccc(-c3ccccc3)cc2)C1. The number of rotatable bonds is 3. The van der Waals surface area contributed by atoms with E-state index in [9.17, 15) is 4.79 Å². The van der Waals surface area contributed by atoms with Crippen molar-refractivity contribution in [3.63, 3.8) is 0 Å². The highest BCUT2D eigenvalue weighted by Crippen LogP contribution is 2.31. The minimum Gasteiger partial charge on any atom is -0.444 e. The van der Waals surface area contributed by atoms with Gasteiger partial charge in [0, 0.05) is 24.9 Å². The molecule has 1 unspecified atom stereocenters. The van der Waals surface area contributed by atoms with Crippen LogP contribution in [0.25, 0.3) is 16.7 Å². The van der Waals surface area contributed by atoms with E-state index in [1.54, 1.807) is 0 Å². The number of aliphatic imine (C=N–C) groups is 1. The van der Waals surface area contributed by atoms with Gasteiger partial charge in [0.2, 0.25) is 0 Å². The van der Waals surface area contributed by atoms with Crippen molar-refractivity contribution in [2.45, 2.75) is 51.7 Å². The highest BCUT2D eigenvalue weighted by atomic mass is 16.6. The molecule has 1 atom stereocenters. The highest BCUT2D eigenvalue weighted by molar-refractivity contribution is 6.02. The van der Waals surface area contributed by atoms with Crippen LogP contribution in [0.2, 0.25) is 0 Å². The molecule has 1 saturated heterocycles. The molecule has 150 valence electrons. The van der Waals surface area contributed by atoms with E-state index in [1.807, 2.05) is 37.9 Å². The summed E-state index contributed by atoms with van der Waals surface area (Å²) in [7, 11) is 0. The standard InChI is InChI=1S/C25H28N2O2/c1-25(2,3)29-24(28)27-15-7-10-23(27)22-16-21(17-26-22)20-13-11-19(12-14-20)18-8-5-4-6-9-18/h4-6,8-9,11-14,17,23H,7,10,15-16H2,1-3H3. The van der Waals surface area contributed by atoms with Gasteiger partial charge in [-0.1, -0.05) is 54.6 Å². The fourth-order valence-electron chi connectivity index (χ4n) is 3.99. The molecule has 0 aliphatic carbocycles. The number of amides is 1. The van der Waals surface area contributed by atoms with Gasteiger partial charge in [0.25, 0.3) is 0 Å². The number of ether oxygens (including phenoxy) is 1. The van der Waals surface area contributed by atoms with Gasteiger partial charge in [0.05, 0.1) is 6.04 Å². The third kappa shape index (κ3) is 4.42. The Bertz CT molecular complexity index is 937. The molecule has 2 aliphatic rings. The minimum absolute atomic E-state index is 0.0437. The van der Waals surface area contributed by atoms with Crippen LogP contribution in [-0.4, -0.2) is 34.9 Å². The molecule has 0 N–H and O–H groups in total. The van der Waals surface area contributed by atoms with Crippen molar-refractivity contribution in [1.82, 2.24) is 4.90 Å². The van der Waals surface area contributed by atoms with Crippen molar-refractivity contribution < 1.29 is 9.53 Å². The van der Waals surface area contributed by atoms with E-state index in [-0.39, 0.29) is 12.1 Å². The van der Waals surface area contributed by atoms with Crippen molar-refractivity contribution in [2.75, 3.05) is 6.54 Å². The quantitative estimate of drug-likeness (QED) is 0.653. The maximum absolute atomic E-state index is 12.6. The molecule has 2 aromatic carbocycles. The summed E-state index contributed by atoms with van der Waals surface area (Å²) in [6, 6.07) is 19.1. The second-order valence-corrected chi connectivity index (χ2v) is 8.73. The lowest BCUT2D eigenvalue weighted by Gasteiger charge is -2.28. The van der Waals surface area contributed by atoms with Crippen LogP contribution in [0, 0.1) is 0 Å².